The van der Waals surface area contributed by atoms with E-state index in [1.54, 1.807) is 60.9 Å². The monoisotopic (exact) mass is 449 g/mol. The second-order valence-electron chi connectivity index (χ2n) is 7.09. The van der Waals surface area contributed by atoms with E-state index in [-0.39, 0.29) is 4.90 Å². The molecule has 0 aliphatic heterocycles. The van der Waals surface area contributed by atoms with Gasteiger partial charge in [-0.15, -0.1) is 11.3 Å². The summed E-state index contributed by atoms with van der Waals surface area (Å²) in [6, 6.07) is 23.6. The molecular formula is C24H19NO4S2. The molecule has 5 rings (SSSR count). The van der Waals surface area contributed by atoms with Crippen LogP contribution in [0.25, 0.3) is 31.4 Å². The molecule has 0 unspecified atom stereocenters. The molecule has 2 aromatic heterocycles. The SMILES string of the molecule is COc1ccc2c(c1)c(-c1cc3ccccc3s1)c(CO)n2S(=O)(=O)c1ccccc1. The van der Waals surface area contributed by atoms with Crippen molar-refractivity contribution in [2.24, 2.45) is 0 Å². The maximum atomic E-state index is 13.6. The summed E-state index contributed by atoms with van der Waals surface area (Å²) in [6.45, 7) is -0.424. The summed E-state index contributed by atoms with van der Waals surface area (Å²) in [7, 11) is -2.35. The number of aromatic nitrogens is 1. The Labute approximate surface area is 183 Å². The number of aliphatic hydroxyl groups excluding tert-OH is 1. The Morgan fingerprint density at radius 2 is 1.71 bits per heavy atom. The van der Waals surface area contributed by atoms with Gasteiger partial charge >= 0.3 is 0 Å². The molecule has 0 saturated carbocycles. The molecule has 0 fully saturated rings. The fourth-order valence-electron chi connectivity index (χ4n) is 3.92. The van der Waals surface area contributed by atoms with Gasteiger partial charge in [0, 0.05) is 20.5 Å². The molecule has 0 amide bonds. The van der Waals surface area contributed by atoms with Crippen molar-refractivity contribution in [2.75, 3.05) is 7.11 Å². The number of rotatable bonds is 5. The summed E-state index contributed by atoms with van der Waals surface area (Å²) in [6.07, 6.45) is 0. The smallest absolute Gasteiger partial charge is 0.268 e. The molecule has 0 aliphatic carbocycles. The zero-order chi connectivity index (χ0) is 21.6. The Morgan fingerprint density at radius 1 is 0.968 bits per heavy atom. The Hall–Kier alpha value is -3.13. The molecule has 3 aromatic carbocycles. The first kappa shape index (κ1) is 19.8. The third-order valence-electron chi connectivity index (χ3n) is 5.33. The number of thiophene rings is 1. The Balaban J connectivity index is 1.89. The van der Waals surface area contributed by atoms with Crippen molar-refractivity contribution in [2.45, 2.75) is 11.5 Å². The van der Waals surface area contributed by atoms with Gasteiger partial charge in [0.2, 0.25) is 0 Å². The summed E-state index contributed by atoms with van der Waals surface area (Å²) in [5.74, 6) is 0.619. The molecule has 0 radical (unpaired) electrons. The number of methoxy groups -OCH3 is 1. The van der Waals surface area contributed by atoms with Crippen LogP contribution in [0.1, 0.15) is 5.69 Å². The number of ether oxygens (including phenoxy) is 1. The summed E-state index contributed by atoms with van der Waals surface area (Å²) < 4.78 is 35.0. The molecule has 0 aliphatic rings. The van der Waals surface area contributed by atoms with Gasteiger partial charge < -0.3 is 9.84 Å². The number of hydrogen-bond acceptors (Lipinski definition) is 5. The van der Waals surface area contributed by atoms with Crippen molar-refractivity contribution < 1.29 is 18.3 Å². The van der Waals surface area contributed by atoms with Crippen molar-refractivity contribution >= 4 is 42.3 Å². The molecule has 7 heteroatoms. The molecule has 2 heterocycles. The van der Waals surface area contributed by atoms with Gasteiger partial charge in [0.15, 0.2) is 0 Å². The average molecular weight is 450 g/mol. The summed E-state index contributed by atoms with van der Waals surface area (Å²) in [5.41, 5.74) is 1.54. The third-order valence-corrected chi connectivity index (χ3v) is 8.23. The van der Waals surface area contributed by atoms with Crippen LogP contribution >= 0.6 is 11.3 Å². The fraction of sp³-hybridized carbons (Fsp3) is 0.0833. The second kappa shape index (κ2) is 7.53. The highest BCUT2D eigenvalue weighted by molar-refractivity contribution is 7.90. The van der Waals surface area contributed by atoms with Crippen LogP contribution in [0.15, 0.2) is 83.8 Å². The third kappa shape index (κ3) is 3.13. The van der Waals surface area contributed by atoms with Crippen LogP contribution in [-0.4, -0.2) is 24.6 Å². The number of aliphatic hydroxyl groups is 1. The highest BCUT2D eigenvalue weighted by Gasteiger charge is 2.28. The largest absolute Gasteiger partial charge is 0.497 e. The van der Waals surface area contributed by atoms with Crippen molar-refractivity contribution in [1.82, 2.24) is 3.97 Å². The minimum absolute atomic E-state index is 0.167. The molecule has 0 bridgehead atoms. The van der Waals surface area contributed by atoms with E-state index in [4.69, 9.17) is 4.74 Å². The van der Waals surface area contributed by atoms with Gasteiger partial charge in [0.25, 0.3) is 10.0 Å². The van der Waals surface area contributed by atoms with Crippen LogP contribution < -0.4 is 4.74 Å². The van der Waals surface area contributed by atoms with E-state index in [1.165, 1.54) is 3.97 Å². The lowest BCUT2D eigenvalue weighted by atomic mass is 10.1. The van der Waals surface area contributed by atoms with E-state index < -0.39 is 16.6 Å². The highest BCUT2D eigenvalue weighted by Crippen LogP contribution is 2.43. The quantitative estimate of drug-likeness (QED) is 0.397. The zero-order valence-corrected chi connectivity index (χ0v) is 18.3. The van der Waals surface area contributed by atoms with Crippen LogP contribution in [0.4, 0.5) is 0 Å². The van der Waals surface area contributed by atoms with E-state index in [0.717, 1.165) is 20.3 Å². The predicted molar refractivity (Wildman–Crippen MR) is 124 cm³/mol. The van der Waals surface area contributed by atoms with Crippen LogP contribution in [0.2, 0.25) is 0 Å². The van der Waals surface area contributed by atoms with Gasteiger partial charge in [-0.05, 0) is 47.9 Å². The average Bonchev–Trinajstić information content (AvgIpc) is 3.37. The minimum Gasteiger partial charge on any atom is -0.497 e. The lowest BCUT2D eigenvalue weighted by molar-refractivity contribution is 0.276. The maximum Gasteiger partial charge on any atom is 0.268 e. The van der Waals surface area contributed by atoms with Crippen molar-refractivity contribution in [3.63, 3.8) is 0 Å². The first-order chi connectivity index (χ1) is 15.0. The molecule has 5 nitrogen and oxygen atoms in total. The molecule has 156 valence electrons. The summed E-state index contributed by atoms with van der Waals surface area (Å²) in [4.78, 5) is 1.06. The molecular weight excluding hydrogens is 430 g/mol. The van der Waals surface area contributed by atoms with Crippen LogP contribution in [0.3, 0.4) is 0 Å². The number of fused-ring (bicyclic) bond motifs is 2. The summed E-state index contributed by atoms with van der Waals surface area (Å²) >= 11 is 1.57. The van der Waals surface area contributed by atoms with Gasteiger partial charge in [0.1, 0.15) is 5.75 Å². The highest BCUT2D eigenvalue weighted by atomic mass is 32.2. The van der Waals surface area contributed by atoms with Crippen LogP contribution in [0.5, 0.6) is 5.75 Å². The van der Waals surface area contributed by atoms with Crippen LogP contribution in [-0.2, 0) is 16.6 Å². The first-order valence-corrected chi connectivity index (χ1v) is 11.9. The van der Waals surface area contributed by atoms with Crippen molar-refractivity contribution in [3.8, 4) is 16.2 Å². The summed E-state index contributed by atoms with van der Waals surface area (Å²) in [5, 5.41) is 12.1. The van der Waals surface area contributed by atoms with Crippen molar-refractivity contribution in [1.29, 1.82) is 0 Å². The van der Waals surface area contributed by atoms with Gasteiger partial charge in [-0.2, -0.15) is 0 Å². The van der Waals surface area contributed by atoms with E-state index in [9.17, 15) is 13.5 Å². The molecule has 0 atom stereocenters. The Morgan fingerprint density at radius 3 is 2.42 bits per heavy atom. The van der Waals surface area contributed by atoms with Crippen molar-refractivity contribution in [3.05, 3.63) is 84.6 Å². The lowest BCUT2D eigenvalue weighted by Gasteiger charge is -2.11. The van der Waals surface area contributed by atoms with Gasteiger partial charge in [0.05, 0.1) is 29.8 Å². The normalized spacial score (nSPS) is 11.9. The Bertz CT molecular complexity index is 1480. The van der Waals surface area contributed by atoms with E-state index in [0.29, 0.717) is 22.5 Å². The van der Waals surface area contributed by atoms with Gasteiger partial charge in [-0.25, -0.2) is 12.4 Å². The van der Waals surface area contributed by atoms with E-state index in [2.05, 4.69) is 0 Å². The molecule has 31 heavy (non-hydrogen) atoms. The number of benzene rings is 3. The lowest BCUT2D eigenvalue weighted by Crippen LogP contribution is -2.16. The topological polar surface area (TPSA) is 68.5 Å². The zero-order valence-electron chi connectivity index (χ0n) is 16.6. The van der Waals surface area contributed by atoms with E-state index >= 15 is 0 Å². The maximum absolute atomic E-state index is 13.6. The van der Waals surface area contributed by atoms with Gasteiger partial charge in [-0.3, -0.25) is 0 Å². The fourth-order valence-corrected chi connectivity index (χ4v) is 6.63. The molecule has 5 aromatic rings. The van der Waals surface area contributed by atoms with Crippen LogP contribution in [0, 0.1) is 0 Å². The first-order valence-electron chi connectivity index (χ1n) is 9.66. The number of hydrogen-bond donors (Lipinski definition) is 1. The molecule has 1 N–H and O–H groups in total. The molecule has 0 spiro atoms. The standard InChI is InChI=1S/C24H19NO4S2/c1-29-17-11-12-20-19(14-17)24(23-13-16-7-5-6-10-22(16)30-23)21(15-26)25(20)31(27,28)18-8-3-2-4-9-18/h2-14,26H,15H2,1H3. The van der Waals surface area contributed by atoms with Gasteiger partial charge in [-0.1, -0.05) is 36.4 Å². The predicted octanol–water partition coefficient (Wildman–Crippen LogP) is 5.26. The Kier molecular flexibility index (Phi) is 4.81. The second-order valence-corrected chi connectivity index (χ2v) is 9.96. The van der Waals surface area contributed by atoms with E-state index in [1.807, 2.05) is 36.4 Å². The number of nitrogens with zero attached hydrogens (tertiary/aromatic N) is 1. The molecule has 0 saturated heterocycles. The minimum atomic E-state index is -3.92.